The van der Waals surface area contributed by atoms with Crippen LogP contribution >= 0.6 is 31.9 Å². The summed E-state index contributed by atoms with van der Waals surface area (Å²) in [4.78, 5) is 14.6. The lowest BCUT2D eigenvalue weighted by atomic mass is 10.1. The number of nitrogens with one attached hydrogen (secondary N) is 1. The Morgan fingerprint density at radius 2 is 1.75 bits per heavy atom. The van der Waals surface area contributed by atoms with Crippen molar-refractivity contribution in [3.05, 3.63) is 68.6 Å². The molecular formula is C23H20Br2N4O3. The number of rotatable bonds is 6. The van der Waals surface area contributed by atoms with Gasteiger partial charge in [0.25, 0.3) is 5.91 Å². The molecule has 0 unspecified atom stereocenters. The lowest BCUT2D eigenvalue weighted by Crippen LogP contribution is -2.14. The van der Waals surface area contributed by atoms with Gasteiger partial charge >= 0.3 is 0 Å². The van der Waals surface area contributed by atoms with E-state index < -0.39 is 0 Å². The van der Waals surface area contributed by atoms with Crippen molar-refractivity contribution in [3.8, 4) is 17.2 Å². The van der Waals surface area contributed by atoms with Gasteiger partial charge in [-0.1, -0.05) is 15.9 Å². The highest BCUT2D eigenvalue weighted by molar-refractivity contribution is 9.11. The van der Waals surface area contributed by atoms with Gasteiger partial charge in [-0.3, -0.25) is 4.79 Å². The van der Waals surface area contributed by atoms with E-state index in [1.165, 1.54) is 7.11 Å². The summed E-state index contributed by atoms with van der Waals surface area (Å²) in [6.07, 6.45) is 0. The zero-order chi connectivity index (χ0) is 22.8. The number of ether oxygens (including phenoxy) is 2. The van der Waals surface area contributed by atoms with E-state index in [1.54, 1.807) is 10.9 Å². The van der Waals surface area contributed by atoms with Crippen molar-refractivity contribution in [1.82, 2.24) is 15.0 Å². The van der Waals surface area contributed by atoms with Crippen LogP contribution in [0.2, 0.25) is 0 Å². The first-order chi connectivity index (χ1) is 15.4. The Labute approximate surface area is 202 Å². The number of aryl methyl sites for hydroxylation is 1. The molecule has 32 heavy (non-hydrogen) atoms. The predicted molar refractivity (Wildman–Crippen MR) is 131 cm³/mol. The van der Waals surface area contributed by atoms with Crippen LogP contribution in [0.4, 0.5) is 5.69 Å². The van der Waals surface area contributed by atoms with Gasteiger partial charge in [-0.05, 0) is 83.9 Å². The van der Waals surface area contributed by atoms with E-state index in [0.29, 0.717) is 33.6 Å². The summed E-state index contributed by atoms with van der Waals surface area (Å²) in [5.41, 5.74) is 4.15. The van der Waals surface area contributed by atoms with Crippen LogP contribution < -0.4 is 14.8 Å². The van der Waals surface area contributed by atoms with Crippen molar-refractivity contribution in [3.63, 3.8) is 0 Å². The second-order valence-corrected chi connectivity index (χ2v) is 8.76. The number of anilines is 1. The summed E-state index contributed by atoms with van der Waals surface area (Å²) in [5.74, 6) is 0.972. The van der Waals surface area contributed by atoms with Crippen molar-refractivity contribution < 1.29 is 14.3 Å². The number of fused-ring (bicyclic) bond motifs is 1. The maximum atomic E-state index is 13.0. The number of methoxy groups -OCH3 is 1. The Hall–Kier alpha value is -2.91. The number of halogens is 2. The molecule has 0 radical (unpaired) electrons. The number of hydrogen-bond donors (Lipinski definition) is 1. The molecule has 1 aromatic heterocycles. The fourth-order valence-electron chi connectivity index (χ4n) is 3.29. The lowest BCUT2D eigenvalue weighted by molar-refractivity contribution is 0.102. The highest BCUT2D eigenvalue weighted by Crippen LogP contribution is 2.33. The maximum Gasteiger partial charge on any atom is 0.259 e. The van der Waals surface area contributed by atoms with Crippen LogP contribution in [0.5, 0.6) is 11.5 Å². The summed E-state index contributed by atoms with van der Waals surface area (Å²) in [6.45, 7) is 4.47. The molecule has 0 bridgehead atoms. The van der Waals surface area contributed by atoms with Gasteiger partial charge in [-0.25, -0.2) is 0 Å². The first-order valence-electron chi connectivity index (χ1n) is 9.85. The normalized spacial score (nSPS) is 10.9. The van der Waals surface area contributed by atoms with E-state index in [0.717, 1.165) is 27.0 Å². The molecule has 3 aromatic carbocycles. The molecule has 4 rings (SSSR count). The monoisotopic (exact) mass is 558 g/mol. The van der Waals surface area contributed by atoms with Crippen LogP contribution in [-0.4, -0.2) is 34.6 Å². The topological polar surface area (TPSA) is 78.3 Å². The lowest BCUT2D eigenvalue weighted by Gasteiger charge is -2.13. The average Bonchev–Trinajstić information content (AvgIpc) is 3.17. The molecule has 0 spiro atoms. The second-order valence-electron chi connectivity index (χ2n) is 6.99. The number of amides is 1. The summed E-state index contributed by atoms with van der Waals surface area (Å²) >= 11 is 6.85. The molecule has 0 aliphatic rings. The Kier molecular flexibility index (Phi) is 6.48. The fraction of sp³-hybridized carbons (Fsp3) is 0.174. The van der Waals surface area contributed by atoms with Gasteiger partial charge in [0.2, 0.25) is 0 Å². The van der Waals surface area contributed by atoms with E-state index in [-0.39, 0.29) is 5.91 Å². The number of hydrogen-bond acceptors (Lipinski definition) is 5. The minimum Gasteiger partial charge on any atom is -0.495 e. The van der Waals surface area contributed by atoms with Crippen molar-refractivity contribution in [2.75, 3.05) is 19.0 Å². The smallest absolute Gasteiger partial charge is 0.259 e. The van der Waals surface area contributed by atoms with Crippen LogP contribution in [0, 0.1) is 6.92 Å². The predicted octanol–water partition coefficient (Wildman–Crippen LogP) is 5.91. The summed E-state index contributed by atoms with van der Waals surface area (Å²) in [5, 5.41) is 12.1. The molecule has 9 heteroatoms. The van der Waals surface area contributed by atoms with E-state index in [2.05, 4.69) is 47.4 Å². The van der Waals surface area contributed by atoms with Crippen LogP contribution in [-0.2, 0) is 0 Å². The van der Waals surface area contributed by atoms with Crippen molar-refractivity contribution in [2.24, 2.45) is 0 Å². The van der Waals surface area contributed by atoms with Gasteiger partial charge in [-0.2, -0.15) is 4.80 Å². The van der Waals surface area contributed by atoms with Gasteiger partial charge in [-0.15, -0.1) is 10.2 Å². The highest BCUT2D eigenvalue weighted by Gasteiger charge is 2.18. The summed E-state index contributed by atoms with van der Waals surface area (Å²) in [7, 11) is 1.53. The second kappa shape index (κ2) is 9.30. The quantitative estimate of drug-likeness (QED) is 0.317. The van der Waals surface area contributed by atoms with Gasteiger partial charge in [0, 0.05) is 10.2 Å². The van der Waals surface area contributed by atoms with E-state index in [4.69, 9.17) is 9.47 Å². The van der Waals surface area contributed by atoms with E-state index in [9.17, 15) is 4.79 Å². The average molecular weight is 560 g/mol. The molecule has 1 heterocycles. The molecule has 1 N–H and O–H groups in total. The molecule has 164 valence electrons. The number of aromatic nitrogens is 3. The van der Waals surface area contributed by atoms with Crippen LogP contribution in [0.15, 0.2) is 57.5 Å². The van der Waals surface area contributed by atoms with E-state index in [1.807, 2.05) is 56.3 Å². The summed E-state index contributed by atoms with van der Waals surface area (Å²) in [6, 6.07) is 14.8. The third-order valence-corrected chi connectivity index (χ3v) is 5.86. The molecular weight excluding hydrogens is 540 g/mol. The zero-order valence-corrected chi connectivity index (χ0v) is 20.8. The van der Waals surface area contributed by atoms with Gasteiger partial charge in [0.15, 0.2) is 0 Å². The maximum absolute atomic E-state index is 13.0. The molecule has 1 amide bonds. The third kappa shape index (κ3) is 4.49. The number of benzene rings is 3. The zero-order valence-electron chi connectivity index (χ0n) is 17.6. The summed E-state index contributed by atoms with van der Waals surface area (Å²) < 4.78 is 12.3. The Balaban J connectivity index is 1.65. The van der Waals surface area contributed by atoms with Crippen molar-refractivity contribution >= 4 is 54.5 Å². The van der Waals surface area contributed by atoms with Crippen LogP contribution in [0.3, 0.4) is 0 Å². The SMILES string of the molecule is CCOc1ccc(-n2nc3cc(C)c(NC(=O)c4cc(Br)cc(Br)c4OC)cc3n2)cc1. The minimum atomic E-state index is -0.287. The standard InChI is InChI=1S/C23H20Br2N4O3/c1-4-32-16-7-5-15(6-8-16)29-27-20-9-13(2)19(12-21(20)28-29)26-23(30)17-10-14(24)11-18(25)22(17)31-3/h5-12H,4H2,1-3H3,(H,26,30). The first-order valence-corrected chi connectivity index (χ1v) is 11.4. The van der Waals surface area contributed by atoms with Gasteiger partial charge in [0.05, 0.1) is 29.4 Å². The fourth-order valence-corrected chi connectivity index (χ4v) is 4.67. The van der Waals surface area contributed by atoms with Gasteiger partial charge < -0.3 is 14.8 Å². The van der Waals surface area contributed by atoms with Crippen molar-refractivity contribution in [1.29, 1.82) is 0 Å². The molecule has 0 saturated heterocycles. The Morgan fingerprint density at radius 1 is 1.06 bits per heavy atom. The van der Waals surface area contributed by atoms with Crippen molar-refractivity contribution in [2.45, 2.75) is 13.8 Å². The molecule has 0 aliphatic carbocycles. The largest absolute Gasteiger partial charge is 0.495 e. The Bertz CT molecular complexity index is 1300. The van der Waals surface area contributed by atoms with E-state index >= 15 is 0 Å². The molecule has 7 nitrogen and oxygen atoms in total. The highest BCUT2D eigenvalue weighted by atomic mass is 79.9. The first kappa shape index (κ1) is 22.3. The van der Waals surface area contributed by atoms with Gasteiger partial charge in [0.1, 0.15) is 22.5 Å². The molecule has 0 fully saturated rings. The third-order valence-electron chi connectivity index (χ3n) is 4.81. The Morgan fingerprint density at radius 3 is 2.41 bits per heavy atom. The van der Waals surface area contributed by atoms with Crippen LogP contribution in [0.1, 0.15) is 22.8 Å². The minimum absolute atomic E-state index is 0.287. The molecule has 0 atom stereocenters. The number of carbonyl (C=O) groups excluding carboxylic acids is 1. The van der Waals surface area contributed by atoms with Crippen LogP contribution in [0.25, 0.3) is 16.7 Å². The molecule has 0 saturated carbocycles. The number of carbonyl (C=O) groups is 1. The number of nitrogens with zero attached hydrogens (tertiary/aromatic N) is 3. The molecule has 0 aliphatic heterocycles. The molecule has 4 aromatic rings.